The molecule has 1 saturated heterocycles. The van der Waals surface area contributed by atoms with E-state index in [0.29, 0.717) is 16.9 Å². The number of aliphatic hydroxyl groups is 1. The number of hydrogen-bond donors (Lipinski definition) is 1. The van der Waals surface area contributed by atoms with E-state index in [9.17, 15) is 14.7 Å². The van der Waals surface area contributed by atoms with Crippen molar-refractivity contribution in [2.75, 3.05) is 20.3 Å². The molecule has 2 aromatic rings. The molecule has 1 N–H and O–H groups in total. The molecule has 2 aromatic carbocycles. The highest BCUT2D eigenvalue weighted by molar-refractivity contribution is 5.96. The molecule has 1 aliphatic rings. The van der Waals surface area contributed by atoms with Gasteiger partial charge in [0, 0.05) is 12.0 Å². The Hall–Kier alpha value is -3.12. The summed E-state index contributed by atoms with van der Waals surface area (Å²) in [5.74, 6) is -0.464. The summed E-state index contributed by atoms with van der Waals surface area (Å²) in [4.78, 5) is 24.4. The third kappa shape index (κ3) is 4.35. The van der Waals surface area contributed by atoms with Crippen molar-refractivity contribution in [2.45, 2.75) is 12.0 Å². The fraction of sp³-hybridized carbons (Fsp3) is 0.238. The minimum atomic E-state index is -1.26. The predicted octanol–water partition coefficient (Wildman–Crippen LogP) is 2.61. The fourth-order valence-electron chi connectivity index (χ4n) is 2.80. The Labute approximate surface area is 157 Å². The second kappa shape index (κ2) is 8.05. The van der Waals surface area contributed by atoms with E-state index in [0.717, 1.165) is 5.56 Å². The van der Waals surface area contributed by atoms with Crippen LogP contribution in [0.25, 0.3) is 6.08 Å². The third-order valence-corrected chi connectivity index (χ3v) is 4.30. The number of aliphatic hydroxyl groups excluding tert-OH is 1. The van der Waals surface area contributed by atoms with Crippen molar-refractivity contribution in [3.63, 3.8) is 0 Å². The van der Waals surface area contributed by atoms with E-state index in [1.54, 1.807) is 30.3 Å². The molecule has 0 aromatic heterocycles. The molecule has 1 fully saturated rings. The van der Waals surface area contributed by atoms with Crippen molar-refractivity contribution in [3.8, 4) is 5.75 Å². The molecule has 0 bridgehead atoms. The average Bonchev–Trinajstić information content (AvgIpc) is 3.03. The van der Waals surface area contributed by atoms with Gasteiger partial charge < -0.3 is 19.3 Å². The van der Waals surface area contributed by atoms with Crippen LogP contribution >= 0.6 is 0 Å². The van der Waals surface area contributed by atoms with Crippen molar-refractivity contribution >= 4 is 18.0 Å². The Bertz CT molecular complexity index is 841. The highest BCUT2D eigenvalue weighted by atomic mass is 16.6. The molecule has 1 aliphatic heterocycles. The summed E-state index contributed by atoms with van der Waals surface area (Å²) < 4.78 is 15.7. The molecule has 6 nitrogen and oxygen atoms in total. The molecule has 0 saturated carbocycles. The van der Waals surface area contributed by atoms with Crippen LogP contribution in [0.1, 0.15) is 22.3 Å². The van der Waals surface area contributed by atoms with E-state index < -0.39 is 24.1 Å². The highest BCUT2D eigenvalue weighted by Crippen LogP contribution is 2.32. The number of methoxy groups -OCH3 is 1. The van der Waals surface area contributed by atoms with Crippen LogP contribution in [0.3, 0.4) is 0 Å². The lowest BCUT2D eigenvalue weighted by Crippen LogP contribution is -2.39. The number of cyclic esters (lactones) is 1. The van der Waals surface area contributed by atoms with Gasteiger partial charge in [-0.05, 0) is 35.9 Å². The Kier molecular flexibility index (Phi) is 5.57. The maximum atomic E-state index is 12.2. The van der Waals surface area contributed by atoms with Gasteiger partial charge in [0.1, 0.15) is 12.4 Å². The fourth-order valence-corrected chi connectivity index (χ4v) is 2.80. The van der Waals surface area contributed by atoms with Crippen LogP contribution in [0.15, 0.2) is 60.2 Å². The standard InChI is InChI=1S/C21H20O6/c1-25-18-9-7-16(8-10-18)19(23)26-14-21(13-22)12-17(20(24)27-21)11-15-5-3-2-4-6-15/h2-11,22H,12-14H2,1H3/b17-11-. The summed E-state index contributed by atoms with van der Waals surface area (Å²) in [5, 5.41) is 9.76. The van der Waals surface area contributed by atoms with E-state index in [1.165, 1.54) is 7.11 Å². The summed E-state index contributed by atoms with van der Waals surface area (Å²) in [6.45, 7) is -0.674. The zero-order valence-electron chi connectivity index (χ0n) is 14.9. The number of rotatable bonds is 6. The molecular weight excluding hydrogens is 348 g/mol. The van der Waals surface area contributed by atoms with Crippen LogP contribution in [-0.4, -0.2) is 43.0 Å². The number of carbonyl (C=O) groups excluding carboxylic acids is 2. The Balaban J connectivity index is 1.68. The van der Waals surface area contributed by atoms with Crippen LogP contribution in [0.2, 0.25) is 0 Å². The summed E-state index contributed by atoms with van der Waals surface area (Å²) in [7, 11) is 1.54. The van der Waals surface area contributed by atoms with Crippen molar-refractivity contribution in [1.29, 1.82) is 0 Å². The number of benzene rings is 2. The molecule has 0 radical (unpaired) electrons. The highest BCUT2D eigenvalue weighted by Gasteiger charge is 2.44. The minimum absolute atomic E-state index is 0.160. The molecule has 0 aliphatic carbocycles. The lowest BCUT2D eigenvalue weighted by atomic mass is 9.98. The monoisotopic (exact) mass is 368 g/mol. The average molecular weight is 368 g/mol. The molecule has 1 atom stereocenters. The first-order chi connectivity index (χ1) is 13.0. The summed E-state index contributed by atoms with van der Waals surface area (Å²) in [5.41, 5.74) is 0.359. The first kappa shape index (κ1) is 18.7. The lowest BCUT2D eigenvalue weighted by Gasteiger charge is -2.24. The molecule has 3 rings (SSSR count). The molecule has 27 heavy (non-hydrogen) atoms. The number of carbonyl (C=O) groups is 2. The van der Waals surface area contributed by atoms with Crippen molar-refractivity contribution < 1.29 is 28.9 Å². The molecule has 1 heterocycles. The van der Waals surface area contributed by atoms with Gasteiger partial charge in [0.25, 0.3) is 0 Å². The first-order valence-corrected chi connectivity index (χ1v) is 8.46. The summed E-state index contributed by atoms with van der Waals surface area (Å²) in [6, 6.07) is 15.8. The molecule has 1 unspecified atom stereocenters. The topological polar surface area (TPSA) is 82.1 Å². The van der Waals surface area contributed by atoms with Crippen LogP contribution in [0.4, 0.5) is 0 Å². The number of hydrogen-bond acceptors (Lipinski definition) is 6. The van der Waals surface area contributed by atoms with Crippen molar-refractivity contribution in [1.82, 2.24) is 0 Å². The number of ether oxygens (including phenoxy) is 3. The van der Waals surface area contributed by atoms with Crippen LogP contribution in [0, 0.1) is 0 Å². The molecular formula is C21H20O6. The maximum Gasteiger partial charge on any atom is 0.338 e. The quantitative estimate of drug-likeness (QED) is 0.623. The molecule has 6 heteroatoms. The normalized spacial score (nSPS) is 20.4. The SMILES string of the molecule is COc1ccc(C(=O)OCC2(CO)C/C(=C/c3ccccc3)C(=O)O2)cc1. The van der Waals surface area contributed by atoms with Gasteiger partial charge in [-0.2, -0.15) is 0 Å². The Morgan fingerprint density at radius 2 is 1.89 bits per heavy atom. The Morgan fingerprint density at radius 1 is 1.19 bits per heavy atom. The summed E-state index contributed by atoms with van der Waals surface area (Å²) in [6.07, 6.45) is 1.87. The van der Waals surface area contributed by atoms with Crippen LogP contribution in [0.5, 0.6) is 5.75 Å². The van der Waals surface area contributed by atoms with Gasteiger partial charge in [-0.3, -0.25) is 0 Å². The van der Waals surface area contributed by atoms with Crippen LogP contribution < -0.4 is 4.74 Å². The van der Waals surface area contributed by atoms with E-state index in [2.05, 4.69) is 0 Å². The smallest absolute Gasteiger partial charge is 0.338 e. The van der Waals surface area contributed by atoms with E-state index in [-0.39, 0.29) is 13.0 Å². The van der Waals surface area contributed by atoms with Gasteiger partial charge in [-0.1, -0.05) is 30.3 Å². The zero-order chi connectivity index (χ0) is 19.3. The predicted molar refractivity (Wildman–Crippen MR) is 98.2 cm³/mol. The second-order valence-electron chi connectivity index (χ2n) is 6.29. The second-order valence-corrected chi connectivity index (χ2v) is 6.29. The first-order valence-electron chi connectivity index (χ1n) is 8.46. The minimum Gasteiger partial charge on any atom is -0.497 e. The van der Waals surface area contributed by atoms with Gasteiger partial charge in [0.05, 0.1) is 19.3 Å². The van der Waals surface area contributed by atoms with Crippen molar-refractivity contribution in [2.24, 2.45) is 0 Å². The van der Waals surface area contributed by atoms with Gasteiger partial charge in [-0.15, -0.1) is 0 Å². The van der Waals surface area contributed by atoms with E-state index in [1.807, 2.05) is 30.3 Å². The molecule has 0 spiro atoms. The zero-order valence-corrected chi connectivity index (χ0v) is 14.9. The van der Waals surface area contributed by atoms with Gasteiger partial charge in [-0.25, -0.2) is 9.59 Å². The maximum absolute atomic E-state index is 12.2. The Morgan fingerprint density at radius 3 is 2.52 bits per heavy atom. The van der Waals surface area contributed by atoms with Gasteiger partial charge >= 0.3 is 11.9 Å². The largest absolute Gasteiger partial charge is 0.497 e. The molecule has 0 amide bonds. The third-order valence-electron chi connectivity index (χ3n) is 4.30. The number of esters is 2. The van der Waals surface area contributed by atoms with E-state index >= 15 is 0 Å². The van der Waals surface area contributed by atoms with Crippen LogP contribution in [-0.2, 0) is 14.3 Å². The lowest BCUT2D eigenvalue weighted by molar-refractivity contribution is -0.154. The van der Waals surface area contributed by atoms with E-state index in [4.69, 9.17) is 14.2 Å². The van der Waals surface area contributed by atoms with Gasteiger partial charge in [0.15, 0.2) is 5.60 Å². The summed E-state index contributed by atoms with van der Waals surface area (Å²) >= 11 is 0. The van der Waals surface area contributed by atoms with Gasteiger partial charge in [0.2, 0.25) is 0 Å². The van der Waals surface area contributed by atoms with Crippen molar-refractivity contribution in [3.05, 3.63) is 71.3 Å². The molecule has 140 valence electrons.